The molecule has 1 aromatic heterocycles. The van der Waals surface area contributed by atoms with E-state index in [1.807, 2.05) is 6.92 Å². The van der Waals surface area contributed by atoms with Crippen molar-refractivity contribution in [1.82, 2.24) is 15.3 Å². The van der Waals surface area contributed by atoms with Gasteiger partial charge in [-0.05, 0) is 20.3 Å². The molecule has 1 aromatic rings. The van der Waals surface area contributed by atoms with Crippen molar-refractivity contribution >= 4 is 11.9 Å². The van der Waals surface area contributed by atoms with Crippen molar-refractivity contribution in [2.75, 3.05) is 0 Å². The van der Waals surface area contributed by atoms with Crippen LogP contribution in [0.5, 0.6) is 0 Å². The van der Waals surface area contributed by atoms with E-state index < -0.39 is 5.97 Å². The van der Waals surface area contributed by atoms with E-state index in [1.165, 1.54) is 6.20 Å². The number of nitrogens with zero attached hydrogens (tertiary/aromatic N) is 2. The van der Waals surface area contributed by atoms with Gasteiger partial charge in [-0.1, -0.05) is 19.8 Å². The Morgan fingerprint density at radius 3 is 2.65 bits per heavy atom. The molecule has 2 N–H and O–H groups in total. The Hall–Kier alpha value is -1.98. The number of carbonyl (C=O) groups is 2. The van der Waals surface area contributed by atoms with Crippen molar-refractivity contribution < 1.29 is 14.7 Å². The molecule has 6 nitrogen and oxygen atoms in total. The van der Waals surface area contributed by atoms with E-state index in [2.05, 4.69) is 15.3 Å². The van der Waals surface area contributed by atoms with Crippen molar-refractivity contribution in [3.63, 3.8) is 0 Å². The molecule has 0 saturated heterocycles. The summed E-state index contributed by atoms with van der Waals surface area (Å²) in [6, 6.07) is -0.361. The van der Waals surface area contributed by atoms with E-state index >= 15 is 0 Å². The van der Waals surface area contributed by atoms with Gasteiger partial charge in [0.25, 0.3) is 5.91 Å². The molecule has 0 aliphatic heterocycles. The summed E-state index contributed by atoms with van der Waals surface area (Å²) in [6.07, 6.45) is 3.89. The molecule has 0 aliphatic rings. The lowest BCUT2D eigenvalue weighted by Crippen LogP contribution is -2.37. The van der Waals surface area contributed by atoms with E-state index in [0.29, 0.717) is 23.5 Å². The van der Waals surface area contributed by atoms with Crippen molar-refractivity contribution in [2.24, 2.45) is 0 Å². The molecule has 1 unspecified atom stereocenters. The lowest BCUT2D eigenvalue weighted by molar-refractivity contribution is -0.137. The van der Waals surface area contributed by atoms with Crippen LogP contribution in [0.25, 0.3) is 0 Å². The van der Waals surface area contributed by atoms with E-state index in [1.54, 1.807) is 13.8 Å². The van der Waals surface area contributed by atoms with Crippen LogP contribution in [0.15, 0.2) is 6.20 Å². The first-order valence-corrected chi connectivity index (χ1v) is 6.77. The number of aliphatic carboxylic acids is 1. The third-order valence-corrected chi connectivity index (χ3v) is 3.01. The largest absolute Gasteiger partial charge is 0.481 e. The SMILES string of the molecule is CCCCC(CC(=O)O)NC(=O)c1cnc(C)nc1C. The number of amides is 1. The first-order valence-electron chi connectivity index (χ1n) is 6.77. The second-order valence-corrected chi connectivity index (χ2v) is 4.83. The first kappa shape index (κ1) is 16.1. The molecule has 0 aromatic carbocycles. The van der Waals surface area contributed by atoms with Gasteiger partial charge in [-0.3, -0.25) is 9.59 Å². The Labute approximate surface area is 118 Å². The average Bonchev–Trinajstić information content (AvgIpc) is 2.35. The molecule has 0 spiro atoms. The summed E-state index contributed by atoms with van der Waals surface area (Å²) in [4.78, 5) is 31.1. The summed E-state index contributed by atoms with van der Waals surface area (Å²) in [5.41, 5.74) is 0.988. The van der Waals surface area contributed by atoms with Crippen LogP contribution in [0.2, 0.25) is 0 Å². The number of hydrogen-bond acceptors (Lipinski definition) is 4. The summed E-state index contributed by atoms with van der Waals surface area (Å²) in [5.74, 6) is -0.625. The van der Waals surface area contributed by atoms with Gasteiger partial charge in [0.2, 0.25) is 0 Å². The van der Waals surface area contributed by atoms with Crippen molar-refractivity contribution in [3.8, 4) is 0 Å². The zero-order chi connectivity index (χ0) is 15.1. The third-order valence-electron chi connectivity index (χ3n) is 3.01. The van der Waals surface area contributed by atoms with Crippen LogP contribution < -0.4 is 5.32 Å². The fraction of sp³-hybridized carbons (Fsp3) is 0.571. The second kappa shape index (κ2) is 7.57. The average molecular weight is 279 g/mol. The minimum atomic E-state index is -0.914. The van der Waals surface area contributed by atoms with E-state index in [4.69, 9.17) is 5.11 Å². The molecule has 0 radical (unpaired) electrons. The topological polar surface area (TPSA) is 92.2 Å². The molecule has 0 saturated carbocycles. The van der Waals surface area contributed by atoms with Gasteiger partial charge in [-0.2, -0.15) is 0 Å². The van der Waals surface area contributed by atoms with Crippen LogP contribution in [0.4, 0.5) is 0 Å². The fourth-order valence-corrected chi connectivity index (χ4v) is 1.96. The molecule has 6 heteroatoms. The molecular weight excluding hydrogens is 258 g/mol. The summed E-state index contributed by atoms with van der Waals surface area (Å²) >= 11 is 0. The number of unbranched alkanes of at least 4 members (excludes halogenated alkanes) is 1. The predicted octanol–water partition coefficient (Wildman–Crippen LogP) is 1.86. The molecule has 110 valence electrons. The van der Waals surface area contributed by atoms with E-state index in [0.717, 1.165) is 12.8 Å². The first-order chi connectivity index (χ1) is 9.43. The fourth-order valence-electron chi connectivity index (χ4n) is 1.96. The highest BCUT2D eigenvalue weighted by Crippen LogP contribution is 2.08. The summed E-state index contributed by atoms with van der Waals surface area (Å²) in [6.45, 7) is 5.52. The summed E-state index contributed by atoms with van der Waals surface area (Å²) < 4.78 is 0. The van der Waals surface area contributed by atoms with Gasteiger partial charge in [0.1, 0.15) is 5.82 Å². The smallest absolute Gasteiger partial charge is 0.305 e. The molecule has 1 rings (SSSR count). The highest BCUT2D eigenvalue weighted by atomic mass is 16.4. The van der Waals surface area contributed by atoms with Crippen molar-refractivity contribution in [1.29, 1.82) is 0 Å². The zero-order valence-corrected chi connectivity index (χ0v) is 12.1. The maximum atomic E-state index is 12.1. The number of rotatable bonds is 7. The highest BCUT2D eigenvalue weighted by Gasteiger charge is 2.18. The van der Waals surface area contributed by atoms with Crippen molar-refractivity contribution in [2.45, 2.75) is 52.5 Å². The molecule has 20 heavy (non-hydrogen) atoms. The molecular formula is C14H21N3O3. The summed E-state index contributed by atoms with van der Waals surface area (Å²) in [7, 11) is 0. The number of carboxylic acids is 1. The molecule has 1 atom stereocenters. The van der Waals surface area contributed by atoms with Gasteiger partial charge >= 0.3 is 5.97 Å². The van der Waals surface area contributed by atoms with Gasteiger partial charge in [-0.25, -0.2) is 9.97 Å². The summed E-state index contributed by atoms with van der Waals surface area (Å²) in [5, 5.41) is 11.6. The van der Waals surface area contributed by atoms with Crippen LogP contribution in [0.1, 0.15) is 54.5 Å². The van der Waals surface area contributed by atoms with Gasteiger partial charge < -0.3 is 10.4 Å². The molecule has 1 heterocycles. The predicted molar refractivity (Wildman–Crippen MR) is 74.5 cm³/mol. The Morgan fingerprint density at radius 1 is 1.40 bits per heavy atom. The number of carbonyl (C=O) groups excluding carboxylic acids is 1. The monoisotopic (exact) mass is 279 g/mol. The van der Waals surface area contributed by atoms with Gasteiger partial charge in [-0.15, -0.1) is 0 Å². The lowest BCUT2D eigenvalue weighted by atomic mass is 10.1. The Morgan fingerprint density at radius 2 is 2.10 bits per heavy atom. The van der Waals surface area contributed by atoms with E-state index in [-0.39, 0.29) is 18.4 Å². The Bertz CT molecular complexity index is 489. The highest BCUT2D eigenvalue weighted by molar-refractivity contribution is 5.95. The van der Waals surface area contributed by atoms with Crippen LogP contribution in [-0.4, -0.2) is 33.0 Å². The number of carboxylic acid groups (broad SMARTS) is 1. The zero-order valence-electron chi connectivity index (χ0n) is 12.1. The molecule has 0 fully saturated rings. The quantitative estimate of drug-likeness (QED) is 0.794. The standard InChI is InChI=1S/C14H21N3O3/c1-4-5-6-11(7-13(18)19)17-14(20)12-8-15-10(3)16-9(12)2/h8,11H,4-7H2,1-3H3,(H,17,20)(H,18,19). The second-order valence-electron chi connectivity index (χ2n) is 4.83. The van der Waals surface area contributed by atoms with Crippen LogP contribution >= 0.6 is 0 Å². The molecule has 1 amide bonds. The molecule has 0 bridgehead atoms. The number of nitrogens with one attached hydrogen (secondary N) is 1. The molecule has 0 aliphatic carbocycles. The lowest BCUT2D eigenvalue weighted by Gasteiger charge is -2.17. The van der Waals surface area contributed by atoms with Crippen LogP contribution in [-0.2, 0) is 4.79 Å². The van der Waals surface area contributed by atoms with Crippen molar-refractivity contribution in [3.05, 3.63) is 23.3 Å². The van der Waals surface area contributed by atoms with Gasteiger partial charge in [0.05, 0.1) is 17.7 Å². The maximum absolute atomic E-state index is 12.1. The van der Waals surface area contributed by atoms with Gasteiger partial charge in [0, 0.05) is 12.2 Å². The number of aryl methyl sites for hydroxylation is 2. The van der Waals surface area contributed by atoms with E-state index in [9.17, 15) is 9.59 Å². The number of aromatic nitrogens is 2. The van der Waals surface area contributed by atoms with Crippen LogP contribution in [0.3, 0.4) is 0 Å². The minimum absolute atomic E-state index is 0.0719. The normalized spacial score (nSPS) is 11.9. The van der Waals surface area contributed by atoms with Gasteiger partial charge in [0.15, 0.2) is 0 Å². The van der Waals surface area contributed by atoms with Crippen LogP contribution in [0, 0.1) is 13.8 Å². The Kier molecular flexibility index (Phi) is 6.09. The third kappa shape index (κ3) is 4.95. The minimum Gasteiger partial charge on any atom is -0.481 e. The number of hydrogen-bond donors (Lipinski definition) is 2. The Balaban J connectivity index is 2.75. The maximum Gasteiger partial charge on any atom is 0.305 e.